The molecule has 1 fully saturated rings. The molecule has 5 rings (SSSR count). The number of alkyl halides is 2. The fourth-order valence-corrected chi connectivity index (χ4v) is 4.76. The Kier molecular flexibility index (Phi) is 5.41. The van der Waals surface area contributed by atoms with Crippen molar-refractivity contribution in [1.82, 2.24) is 9.97 Å². The summed E-state index contributed by atoms with van der Waals surface area (Å²) in [6.45, 7) is 6.00. The highest BCUT2D eigenvalue weighted by Gasteiger charge is 2.30. The summed E-state index contributed by atoms with van der Waals surface area (Å²) in [7, 11) is 0. The number of rotatable bonds is 5. The van der Waals surface area contributed by atoms with E-state index in [1.165, 1.54) is 17.7 Å². The van der Waals surface area contributed by atoms with Gasteiger partial charge in [-0.15, -0.1) is 0 Å². The van der Waals surface area contributed by atoms with E-state index >= 15 is 0 Å². The van der Waals surface area contributed by atoms with Crippen molar-refractivity contribution >= 4 is 22.4 Å². The van der Waals surface area contributed by atoms with E-state index in [9.17, 15) is 13.2 Å². The van der Waals surface area contributed by atoms with E-state index < -0.39 is 23.8 Å². The van der Waals surface area contributed by atoms with E-state index in [0.29, 0.717) is 17.7 Å². The third kappa shape index (κ3) is 3.66. The molecule has 0 radical (unpaired) electrons. The summed E-state index contributed by atoms with van der Waals surface area (Å²) in [6.07, 6.45) is -0.906. The molecule has 0 amide bonds. The molecule has 1 saturated heterocycles. The summed E-state index contributed by atoms with van der Waals surface area (Å²) in [4.78, 5) is 11.6. The molecule has 0 spiro atoms. The average Bonchev–Trinajstić information content (AvgIpc) is 3.41. The minimum absolute atomic E-state index is 0.179. The summed E-state index contributed by atoms with van der Waals surface area (Å²) < 4.78 is 46.6. The van der Waals surface area contributed by atoms with Gasteiger partial charge in [0.25, 0.3) is 6.43 Å². The van der Waals surface area contributed by atoms with Gasteiger partial charge >= 0.3 is 0 Å². The van der Waals surface area contributed by atoms with Crippen LogP contribution < -0.4 is 10.2 Å². The smallest absolute Gasteiger partial charge is 0.266 e. The Balaban J connectivity index is 1.53. The largest absolute Gasteiger partial charge is 0.379 e. The van der Waals surface area contributed by atoms with Crippen LogP contribution in [0.3, 0.4) is 0 Å². The maximum absolute atomic E-state index is 14.7. The van der Waals surface area contributed by atoms with Crippen LogP contribution in [-0.4, -0.2) is 35.8 Å². The molecule has 8 heteroatoms. The van der Waals surface area contributed by atoms with Crippen molar-refractivity contribution in [3.05, 3.63) is 58.7 Å². The Morgan fingerprint density at radius 2 is 2.00 bits per heavy atom. The van der Waals surface area contributed by atoms with Gasteiger partial charge in [-0.3, -0.25) is 0 Å². The van der Waals surface area contributed by atoms with Crippen molar-refractivity contribution in [2.75, 3.05) is 30.0 Å². The lowest BCUT2D eigenvalue weighted by atomic mass is 10.0. The third-order valence-electron chi connectivity index (χ3n) is 6.40. The van der Waals surface area contributed by atoms with Gasteiger partial charge in [0, 0.05) is 29.8 Å². The first-order valence-corrected chi connectivity index (χ1v) is 10.9. The number of hydrogen-bond acceptors (Lipinski definition) is 5. The Morgan fingerprint density at radius 1 is 1.19 bits per heavy atom. The van der Waals surface area contributed by atoms with Crippen molar-refractivity contribution in [2.24, 2.45) is 0 Å². The summed E-state index contributed by atoms with van der Waals surface area (Å²) in [5.41, 5.74) is 2.81. The van der Waals surface area contributed by atoms with Crippen molar-refractivity contribution < 1.29 is 17.9 Å². The van der Waals surface area contributed by atoms with E-state index in [1.54, 1.807) is 6.92 Å². The van der Waals surface area contributed by atoms with Crippen LogP contribution in [0.15, 0.2) is 30.3 Å². The van der Waals surface area contributed by atoms with Crippen LogP contribution in [-0.2, 0) is 11.2 Å². The summed E-state index contributed by atoms with van der Waals surface area (Å²) in [5, 5.41) is 4.08. The number of anilines is 2. The summed E-state index contributed by atoms with van der Waals surface area (Å²) in [5.74, 6) is 0.276. The highest BCUT2D eigenvalue weighted by Crippen LogP contribution is 2.37. The van der Waals surface area contributed by atoms with E-state index in [1.807, 2.05) is 6.92 Å². The minimum atomic E-state index is -2.86. The van der Waals surface area contributed by atoms with Gasteiger partial charge in [-0.25, -0.2) is 23.1 Å². The number of ether oxygens (including phenoxy) is 1. The molecular weight excluding hydrogens is 417 g/mol. The van der Waals surface area contributed by atoms with Gasteiger partial charge in [0.05, 0.1) is 29.8 Å². The zero-order valence-corrected chi connectivity index (χ0v) is 18.0. The zero-order chi connectivity index (χ0) is 22.4. The van der Waals surface area contributed by atoms with E-state index in [4.69, 9.17) is 4.74 Å². The normalized spacial score (nSPS) is 19.1. The Bertz CT molecular complexity index is 1160. The van der Waals surface area contributed by atoms with E-state index in [2.05, 4.69) is 32.3 Å². The molecule has 2 aliphatic heterocycles. The minimum Gasteiger partial charge on any atom is -0.379 e. The van der Waals surface area contributed by atoms with E-state index in [0.717, 1.165) is 55.3 Å². The highest BCUT2D eigenvalue weighted by molar-refractivity contribution is 5.93. The maximum atomic E-state index is 14.7. The fourth-order valence-electron chi connectivity index (χ4n) is 4.76. The molecule has 0 bridgehead atoms. The number of hydrogen-bond donors (Lipinski definition) is 1. The molecule has 5 nitrogen and oxygen atoms in total. The SMILES string of the molecule is Cc1nc(N[C@H](C)c2cccc(C(F)F)c2F)c2cc3c(cc2n1)CCN3C1CCOC1. The highest BCUT2D eigenvalue weighted by atomic mass is 19.3. The van der Waals surface area contributed by atoms with Crippen LogP contribution in [0.4, 0.5) is 24.7 Å². The number of nitrogens with zero attached hydrogens (tertiary/aromatic N) is 3. The lowest BCUT2D eigenvalue weighted by molar-refractivity contribution is 0.146. The van der Waals surface area contributed by atoms with Crippen molar-refractivity contribution in [1.29, 1.82) is 0 Å². The molecule has 1 unspecified atom stereocenters. The zero-order valence-electron chi connectivity index (χ0n) is 18.0. The lowest BCUT2D eigenvalue weighted by Gasteiger charge is -2.26. The van der Waals surface area contributed by atoms with Gasteiger partial charge in [-0.05, 0) is 44.4 Å². The molecule has 168 valence electrons. The number of halogens is 3. The number of fused-ring (bicyclic) bond motifs is 2. The van der Waals surface area contributed by atoms with Gasteiger partial charge in [-0.1, -0.05) is 18.2 Å². The molecule has 1 N–H and O–H groups in total. The molecule has 32 heavy (non-hydrogen) atoms. The van der Waals surface area contributed by atoms with Crippen LogP contribution in [0, 0.1) is 12.7 Å². The van der Waals surface area contributed by atoms with Gasteiger partial charge in [0.15, 0.2) is 0 Å². The molecule has 2 aromatic carbocycles. The second kappa shape index (κ2) is 8.24. The third-order valence-corrected chi connectivity index (χ3v) is 6.40. The summed E-state index contributed by atoms with van der Waals surface area (Å²) >= 11 is 0. The Labute approximate surface area is 184 Å². The fraction of sp³-hybridized carbons (Fsp3) is 0.417. The molecule has 3 heterocycles. The van der Waals surface area contributed by atoms with Crippen LogP contribution in [0.5, 0.6) is 0 Å². The van der Waals surface area contributed by atoms with Crippen molar-refractivity contribution in [3.8, 4) is 0 Å². The van der Waals surface area contributed by atoms with Gasteiger partial charge < -0.3 is 15.0 Å². The molecule has 2 atom stereocenters. The monoisotopic (exact) mass is 442 g/mol. The average molecular weight is 442 g/mol. The first kappa shape index (κ1) is 21.0. The number of nitrogens with one attached hydrogen (secondary N) is 1. The topological polar surface area (TPSA) is 50.3 Å². The van der Waals surface area contributed by atoms with Gasteiger partial charge in [0.1, 0.15) is 17.5 Å². The molecular formula is C24H25F3N4O. The molecule has 1 aromatic heterocycles. The number of aryl methyl sites for hydroxylation is 1. The molecule has 0 saturated carbocycles. The predicted molar refractivity (Wildman–Crippen MR) is 118 cm³/mol. The molecule has 3 aromatic rings. The summed E-state index contributed by atoms with van der Waals surface area (Å²) in [6, 6.07) is 8.09. The Hall–Kier alpha value is -2.87. The number of benzene rings is 2. The van der Waals surface area contributed by atoms with Crippen LogP contribution in [0.1, 0.15) is 48.3 Å². The van der Waals surface area contributed by atoms with Gasteiger partial charge in [0.2, 0.25) is 0 Å². The lowest BCUT2D eigenvalue weighted by Crippen LogP contribution is -2.34. The van der Waals surface area contributed by atoms with Crippen molar-refractivity contribution in [2.45, 2.75) is 45.2 Å². The second-order valence-corrected chi connectivity index (χ2v) is 8.50. The van der Waals surface area contributed by atoms with Crippen LogP contribution >= 0.6 is 0 Å². The molecule has 2 aliphatic rings. The van der Waals surface area contributed by atoms with Crippen LogP contribution in [0.25, 0.3) is 10.9 Å². The number of aromatic nitrogens is 2. The second-order valence-electron chi connectivity index (χ2n) is 8.50. The molecule has 0 aliphatic carbocycles. The standard InChI is InChI=1S/C24H25F3N4O/c1-13(17-4-3-5-18(22(17)25)23(26)27)28-24-19-11-21-15(10-20(19)29-14(2)30-24)6-8-31(21)16-7-9-32-12-16/h3-5,10-11,13,16,23H,6-9,12H2,1-2H3,(H,28,29,30)/t13-,16?/m1/s1. The Morgan fingerprint density at radius 3 is 2.75 bits per heavy atom. The van der Waals surface area contributed by atoms with E-state index in [-0.39, 0.29) is 5.56 Å². The quantitative estimate of drug-likeness (QED) is 0.578. The maximum Gasteiger partial charge on any atom is 0.266 e. The van der Waals surface area contributed by atoms with Gasteiger partial charge in [-0.2, -0.15) is 0 Å². The van der Waals surface area contributed by atoms with Crippen LogP contribution in [0.2, 0.25) is 0 Å². The first-order chi connectivity index (χ1) is 15.4. The van der Waals surface area contributed by atoms with Crippen molar-refractivity contribution in [3.63, 3.8) is 0 Å². The first-order valence-electron chi connectivity index (χ1n) is 10.9. The predicted octanol–water partition coefficient (Wildman–Crippen LogP) is 5.34.